The summed E-state index contributed by atoms with van der Waals surface area (Å²) in [5.41, 5.74) is 1.15. The minimum atomic E-state index is -0.596. The van der Waals surface area contributed by atoms with Crippen molar-refractivity contribution in [2.45, 2.75) is 26.3 Å². The minimum absolute atomic E-state index is 0.0691. The molecule has 6 nitrogen and oxygen atoms in total. The molecule has 0 bridgehead atoms. The van der Waals surface area contributed by atoms with Gasteiger partial charge in [-0.15, -0.1) is 0 Å². The van der Waals surface area contributed by atoms with Crippen LogP contribution in [0.25, 0.3) is 11.0 Å². The molecular formula is C25H26Cl2N2O4. The van der Waals surface area contributed by atoms with Gasteiger partial charge in [0.2, 0.25) is 5.76 Å². The molecule has 0 saturated heterocycles. The number of rotatable bonds is 8. The normalized spacial score (nSPS) is 15.5. The molecule has 2 aromatic carbocycles. The van der Waals surface area contributed by atoms with Gasteiger partial charge in [0.15, 0.2) is 5.43 Å². The van der Waals surface area contributed by atoms with Gasteiger partial charge in [-0.3, -0.25) is 9.59 Å². The van der Waals surface area contributed by atoms with Gasteiger partial charge < -0.3 is 19.0 Å². The number of halogens is 2. The van der Waals surface area contributed by atoms with Crippen LogP contribution in [-0.4, -0.2) is 49.0 Å². The molecule has 33 heavy (non-hydrogen) atoms. The quantitative estimate of drug-likeness (QED) is 0.425. The molecule has 4 rings (SSSR count). The van der Waals surface area contributed by atoms with Gasteiger partial charge >= 0.3 is 0 Å². The third kappa shape index (κ3) is 4.35. The highest BCUT2D eigenvalue weighted by Gasteiger charge is 2.42. The molecule has 0 fully saturated rings. The molecule has 1 aliphatic rings. The zero-order valence-electron chi connectivity index (χ0n) is 18.9. The number of amides is 1. The number of hydrogen-bond donors (Lipinski definition) is 0. The monoisotopic (exact) mass is 488 g/mol. The molecule has 0 saturated carbocycles. The van der Waals surface area contributed by atoms with Crippen LogP contribution < -0.4 is 10.2 Å². The second-order valence-corrected chi connectivity index (χ2v) is 8.81. The smallest absolute Gasteiger partial charge is 0.290 e. The van der Waals surface area contributed by atoms with Crippen LogP contribution in [0.15, 0.2) is 45.6 Å². The highest BCUT2D eigenvalue weighted by Crippen LogP contribution is 2.40. The summed E-state index contributed by atoms with van der Waals surface area (Å²) in [5, 5.41) is 1.18. The van der Waals surface area contributed by atoms with Gasteiger partial charge in [-0.1, -0.05) is 43.1 Å². The van der Waals surface area contributed by atoms with E-state index in [0.717, 1.165) is 31.6 Å². The molecular weight excluding hydrogens is 463 g/mol. The molecule has 0 N–H and O–H groups in total. The second kappa shape index (κ2) is 9.75. The van der Waals surface area contributed by atoms with Crippen LogP contribution >= 0.6 is 23.2 Å². The second-order valence-electron chi connectivity index (χ2n) is 7.99. The summed E-state index contributed by atoms with van der Waals surface area (Å²) in [4.78, 5) is 31.1. The molecule has 3 aromatic rings. The molecule has 174 valence electrons. The number of hydrogen-bond acceptors (Lipinski definition) is 5. The fourth-order valence-electron chi connectivity index (χ4n) is 4.39. The van der Waals surface area contributed by atoms with E-state index in [4.69, 9.17) is 32.4 Å². The lowest BCUT2D eigenvalue weighted by molar-refractivity contribution is 0.0720. The Morgan fingerprint density at radius 3 is 2.48 bits per heavy atom. The third-order valence-electron chi connectivity index (χ3n) is 6.20. The molecule has 2 heterocycles. The number of fused-ring (bicyclic) bond motifs is 2. The lowest BCUT2D eigenvalue weighted by atomic mass is 9.98. The SMILES string of the molecule is CCN(CC)CCCN1C(=O)c2oc3cc(OC)ccc3c(=O)c2C1c1ccc(Cl)c(Cl)c1. The van der Waals surface area contributed by atoms with Gasteiger partial charge in [-0.2, -0.15) is 0 Å². The summed E-state index contributed by atoms with van der Waals surface area (Å²) < 4.78 is 11.3. The van der Waals surface area contributed by atoms with Crippen molar-refractivity contribution in [3.8, 4) is 5.75 Å². The standard InChI is InChI=1S/C25H26Cl2N2O4/c1-4-28(5-2)11-6-12-29-22(15-7-10-18(26)19(27)13-15)21-23(30)17-9-8-16(32-3)14-20(17)33-24(21)25(29)31/h7-10,13-14,22H,4-6,11-12H2,1-3H3. The van der Waals surface area contributed by atoms with E-state index in [9.17, 15) is 9.59 Å². The zero-order valence-corrected chi connectivity index (χ0v) is 20.4. The fourth-order valence-corrected chi connectivity index (χ4v) is 4.70. The Balaban J connectivity index is 1.82. The summed E-state index contributed by atoms with van der Waals surface area (Å²) >= 11 is 12.4. The maximum atomic E-state index is 13.6. The Kier molecular flexibility index (Phi) is 6.98. The average Bonchev–Trinajstić information content (AvgIpc) is 3.10. The van der Waals surface area contributed by atoms with E-state index < -0.39 is 6.04 Å². The van der Waals surface area contributed by atoms with E-state index in [1.165, 1.54) is 7.11 Å². The van der Waals surface area contributed by atoms with Crippen LogP contribution in [0.3, 0.4) is 0 Å². The predicted molar refractivity (Wildman–Crippen MR) is 131 cm³/mol. The zero-order chi connectivity index (χ0) is 23.7. The largest absolute Gasteiger partial charge is 0.497 e. The van der Waals surface area contributed by atoms with Crippen molar-refractivity contribution in [2.24, 2.45) is 0 Å². The van der Waals surface area contributed by atoms with Crippen molar-refractivity contribution in [3.05, 3.63) is 73.6 Å². The lowest BCUT2D eigenvalue weighted by Crippen LogP contribution is -2.33. The first kappa shape index (κ1) is 23.6. The molecule has 8 heteroatoms. The van der Waals surface area contributed by atoms with Crippen LogP contribution in [0.4, 0.5) is 0 Å². The van der Waals surface area contributed by atoms with E-state index in [-0.39, 0.29) is 17.1 Å². The maximum absolute atomic E-state index is 13.6. The van der Waals surface area contributed by atoms with E-state index in [0.29, 0.717) is 38.9 Å². The molecule has 1 unspecified atom stereocenters. The Morgan fingerprint density at radius 2 is 1.82 bits per heavy atom. The van der Waals surface area contributed by atoms with Crippen molar-refractivity contribution in [1.29, 1.82) is 0 Å². The van der Waals surface area contributed by atoms with Crippen LogP contribution in [0.2, 0.25) is 10.0 Å². The fraction of sp³-hybridized carbons (Fsp3) is 0.360. The van der Waals surface area contributed by atoms with Crippen LogP contribution in [0.5, 0.6) is 5.75 Å². The minimum Gasteiger partial charge on any atom is -0.497 e. The number of ether oxygens (including phenoxy) is 1. The van der Waals surface area contributed by atoms with Crippen LogP contribution in [-0.2, 0) is 0 Å². The Labute approximate surface area is 202 Å². The Bertz CT molecular complexity index is 1250. The number of methoxy groups -OCH3 is 1. The number of nitrogens with zero attached hydrogens (tertiary/aromatic N) is 2. The summed E-state index contributed by atoms with van der Waals surface area (Å²) in [5.74, 6) is 0.315. The molecule has 1 aliphatic heterocycles. The highest BCUT2D eigenvalue weighted by molar-refractivity contribution is 6.42. The van der Waals surface area contributed by atoms with Gasteiger partial charge in [0.05, 0.1) is 34.1 Å². The van der Waals surface area contributed by atoms with Crippen molar-refractivity contribution in [2.75, 3.05) is 33.3 Å². The van der Waals surface area contributed by atoms with Crippen molar-refractivity contribution in [1.82, 2.24) is 9.80 Å². The summed E-state index contributed by atoms with van der Waals surface area (Å²) in [6.45, 7) is 7.43. The summed E-state index contributed by atoms with van der Waals surface area (Å²) in [7, 11) is 1.54. The van der Waals surface area contributed by atoms with E-state index >= 15 is 0 Å². The van der Waals surface area contributed by atoms with E-state index in [1.54, 1.807) is 41.3 Å². The molecule has 1 aromatic heterocycles. The lowest BCUT2D eigenvalue weighted by Gasteiger charge is -2.27. The van der Waals surface area contributed by atoms with Gasteiger partial charge in [0, 0.05) is 12.6 Å². The van der Waals surface area contributed by atoms with E-state index in [1.807, 2.05) is 0 Å². The first-order chi connectivity index (χ1) is 15.9. The highest BCUT2D eigenvalue weighted by atomic mass is 35.5. The number of benzene rings is 2. The first-order valence-corrected chi connectivity index (χ1v) is 11.8. The summed E-state index contributed by atoms with van der Waals surface area (Å²) in [6.07, 6.45) is 0.765. The van der Waals surface area contributed by atoms with Crippen molar-refractivity contribution in [3.63, 3.8) is 0 Å². The number of carbonyl (C=O) groups is 1. The van der Waals surface area contributed by atoms with Gasteiger partial charge in [-0.05, 0) is 55.9 Å². The molecule has 0 radical (unpaired) electrons. The third-order valence-corrected chi connectivity index (χ3v) is 6.94. The topological polar surface area (TPSA) is 63.0 Å². The first-order valence-electron chi connectivity index (χ1n) is 11.0. The van der Waals surface area contributed by atoms with Crippen LogP contribution in [0, 0.1) is 0 Å². The average molecular weight is 489 g/mol. The number of carbonyl (C=O) groups excluding carboxylic acids is 1. The maximum Gasteiger partial charge on any atom is 0.290 e. The molecule has 1 atom stereocenters. The molecule has 1 amide bonds. The Hall–Kier alpha value is -2.54. The molecule has 0 aliphatic carbocycles. The van der Waals surface area contributed by atoms with Gasteiger partial charge in [0.25, 0.3) is 5.91 Å². The summed E-state index contributed by atoms with van der Waals surface area (Å²) in [6, 6.07) is 9.60. The molecule has 0 spiro atoms. The van der Waals surface area contributed by atoms with Gasteiger partial charge in [-0.25, -0.2) is 0 Å². The van der Waals surface area contributed by atoms with Crippen molar-refractivity contribution < 1.29 is 13.9 Å². The Morgan fingerprint density at radius 1 is 1.06 bits per heavy atom. The van der Waals surface area contributed by atoms with Crippen LogP contribution in [0.1, 0.15) is 48.0 Å². The van der Waals surface area contributed by atoms with Gasteiger partial charge in [0.1, 0.15) is 11.3 Å². The van der Waals surface area contributed by atoms with Crippen molar-refractivity contribution >= 4 is 40.1 Å². The predicted octanol–water partition coefficient (Wildman–Crippen LogP) is 5.39. The van der Waals surface area contributed by atoms with E-state index in [2.05, 4.69) is 18.7 Å².